The van der Waals surface area contributed by atoms with Crippen LogP contribution in [0.15, 0.2) is 30.3 Å². The second-order valence-corrected chi connectivity index (χ2v) is 7.65. The molecule has 118 valence electrons. The summed E-state index contributed by atoms with van der Waals surface area (Å²) in [6.07, 6.45) is 3.15. The van der Waals surface area contributed by atoms with Gasteiger partial charge in [-0.25, -0.2) is 4.79 Å². The van der Waals surface area contributed by atoms with Crippen LogP contribution >= 0.6 is 11.6 Å². The number of carbonyl (C=O) groups excluding carboxylic acids is 1. The Morgan fingerprint density at radius 3 is 2.50 bits per heavy atom. The minimum absolute atomic E-state index is 0.191. The predicted octanol–water partition coefficient (Wildman–Crippen LogP) is 4.61. The first-order valence-electron chi connectivity index (χ1n) is 7.76. The van der Waals surface area contributed by atoms with Crippen LogP contribution in [0.4, 0.5) is 4.79 Å². The molecule has 4 heteroatoms. The maximum absolute atomic E-state index is 12.1. The van der Waals surface area contributed by atoms with E-state index in [-0.39, 0.29) is 6.09 Å². The summed E-state index contributed by atoms with van der Waals surface area (Å²) in [7, 11) is 0. The number of ether oxygens (including phenoxy) is 1. The zero-order valence-corrected chi connectivity index (χ0v) is 14.1. The van der Waals surface area contributed by atoms with Gasteiger partial charge in [-0.3, -0.25) is 0 Å². The summed E-state index contributed by atoms with van der Waals surface area (Å²) in [6.45, 7) is 7.25. The van der Waals surface area contributed by atoms with Crippen LogP contribution in [0.5, 0.6) is 0 Å². The molecule has 1 amide bonds. The zero-order chi connectivity index (χ0) is 15.9. The summed E-state index contributed by atoms with van der Waals surface area (Å²) in [6, 6.07) is 8.00. The van der Waals surface area contributed by atoms with Gasteiger partial charge in [0, 0.05) is 18.1 Å². The molecule has 1 aliphatic heterocycles. The lowest BCUT2D eigenvalue weighted by Crippen LogP contribution is -2.35. The molecule has 2 atom stereocenters. The monoisotopic (exact) mass is 319 g/mol. The van der Waals surface area contributed by atoms with Gasteiger partial charge in [-0.2, -0.15) is 0 Å². The van der Waals surface area contributed by atoms with Crippen LogP contribution in [-0.4, -0.2) is 29.7 Å². The Morgan fingerprint density at radius 2 is 1.91 bits per heavy atom. The fraction of sp³-hybridized carbons (Fsp3) is 0.500. The van der Waals surface area contributed by atoms with E-state index in [2.05, 4.69) is 18.2 Å². The van der Waals surface area contributed by atoms with Gasteiger partial charge in [-0.1, -0.05) is 29.8 Å². The molecule has 0 bridgehead atoms. The summed E-state index contributed by atoms with van der Waals surface area (Å²) >= 11 is 5.94. The third kappa shape index (κ3) is 3.30. The Balaban J connectivity index is 1.65. The first-order chi connectivity index (χ1) is 10.3. The number of halogens is 1. The van der Waals surface area contributed by atoms with E-state index in [4.69, 9.17) is 16.3 Å². The normalized spacial score (nSPS) is 24.2. The van der Waals surface area contributed by atoms with Crippen molar-refractivity contribution in [1.82, 2.24) is 4.90 Å². The topological polar surface area (TPSA) is 29.5 Å². The van der Waals surface area contributed by atoms with Crippen molar-refractivity contribution in [2.24, 2.45) is 11.8 Å². The predicted molar refractivity (Wildman–Crippen MR) is 88.8 cm³/mol. The lowest BCUT2D eigenvalue weighted by Gasteiger charge is -2.24. The van der Waals surface area contributed by atoms with Crippen LogP contribution in [0.25, 0.3) is 5.57 Å². The summed E-state index contributed by atoms with van der Waals surface area (Å²) in [4.78, 5) is 14.0. The zero-order valence-electron chi connectivity index (χ0n) is 13.3. The molecule has 1 aromatic rings. The van der Waals surface area contributed by atoms with Gasteiger partial charge in [0.15, 0.2) is 0 Å². The Hall–Kier alpha value is -1.48. The Kier molecular flexibility index (Phi) is 3.94. The summed E-state index contributed by atoms with van der Waals surface area (Å²) in [5.74, 6) is 0.955. The molecule has 3 rings (SSSR count). The molecule has 2 unspecified atom stereocenters. The van der Waals surface area contributed by atoms with E-state index >= 15 is 0 Å². The van der Waals surface area contributed by atoms with Crippen LogP contribution in [0.3, 0.4) is 0 Å². The van der Waals surface area contributed by atoms with Gasteiger partial charge in [-0.05, 0) is 62.3 Å². The average molecular weight is 320 g/mol. The van der Waals surface area contributed by atoms with Crippen LogP contribution in [0.1, 0.15) is 32.8 Å². The molecule has 1 fully saturated rings. The Labute approximate surface area is 136 Å². The molecular weight excluding hydrogens is 298 g/mol. The smallest absolute Gasteiger partial charge is 0.410 e. The van der Waals surface area contributed by atoms with Gasteiger partial charge >= 0.3 is 6.09 Å². The highest BCUT2D eigenvalue weighted by atomic mass is 35.5. The second kappa shape index (κ2) is 5.62. The summed E-state index contributed by atoms with van der Waals surface area (Å²) in [5, 5.41) is 0.763. The minimum Gasteiger partial charge on any atom is -0.444 e. The minimum atomic E-state index is -0.431. The van der Waals surface area contributed by atoms with Crippen LogP contribution in [-0.2, 0) is 4.74 Å². The second-order valence-electron chi connectivity index (χ2n) is 7.21. The third-order valence-corrected chi connectivity index (χ3v) is 4.51. The molecular formula is C18H22ClNO2. The third-order valence-electron chi connectivity index (χ3n) is 4.26. The highest BCUT2D eigenvalue weighted by molar-refractivity contribution is 6.30. The van der Waals surface area contributed by atoms with E-state index < -0.39 is 5.60 Å². The number of rotatable bonds is 1. The fourth-order valence-electron chi connectivity index (χ4n) is 3.26. The molecule has 0 radical (unpaired) electrons. The lowest BCUT2D eigenvalue weighted by molar-refractivity contribution is 0.0285. The summed E-state index contributed by atoms with van der Waals surface area (Å²) < 4.78 is 5.46. The van der Waals surface area contributed by atoms with E-state index in [1.165, 1.54) is 11.1 Å². The van der Waals surface area contributed by atoms with Crippen LogP contribution in [0, 0.1) is 11.8 Å². The first kappa shape index (κ1) is 15.4. The molecule has 3 nitrogen and oxygen atoms in total. The van der Waals surface area contributed by atoms with E-state index in [0.717, 1.165) is 24.5 Å². The number of nitrogens with zero attached hydrogens (tertiary/aromatic N) is 1. The first-order valence-corrected chi connectivity index (χ1v) is 8.14. The maximum Gasteiger partial charge on any atom is 0.410 e. The SMILES string of the molecule is CC(C)(C)OC(=O)N1CC2C=C(c3ccc(Cl)cc3)CC2C1. The number of likely N-dealkylation sites (tertiary alicyclic amines) is 1. The van der Waals surface area contributed by atoms with Crippen molar-refractivity contribution in [1.29, 1.82) is 0 Å². The van der Waals surface area contributed by atoms with Gasteiger partial charge in [0.2, 0.25) is 0 Å². The number of hydrogen-bond donors (Lipinski definition) is 0. The number of amides is 1. The van der Waals surface area contributed by atoms with Gasteiger partial charge in [0.05, 0.1) is 0 Å². The van der Waals surface area contributed by atoms with Gasteiger partial charge in [0.1, 0.15) is 5.60 Å². The highest BCUT2D eigenvalue weighted by Gasteiger charge is 2.39. The molecule has 1 aromatic carbocycles. The number of allylic oxidation sites excluding steroid dienone is 1. The molecule has 1 heterocycles. The largest absolute Gasteiger partial charge is 0.444 e. The van der Waals surface area contributed by atoms with Crippen LogP contribution < -0.4 is 0 Å². The molecule has 0 N–H and O–H groups in total. The maximum atomic E-state index is 12.1. The highest BCUT2D eigenvalue weighted by Crippen LogP contribution is 2.41. The van der Waals surface area contributed by atoms with Crippen molar-refractivity contribution in [2.75, 3.05) is 13.1 Å². The van der Waals surface area contributed by atoms with Crippen molar-refractivity contribution in [2.45, 2.75) is 32.8 Å². The van der Waals surface area contributed by atoms with Crippen molar-refractivity contribution < 1.29 is 9.53 Å². The van der Waals surface area contributed by atoms with Crippen LogP contribution in [0.2, 0.25) is 5.02 Å². The molecule has 0 spiro atoms. The molecule has 1 aliphatic carbocycles. The van der Waals surface area contributed by atoms with E-state index in [1.807, 2.05) is 37.8 Å². The number of hydrogen-bond acceptors (Lipinski definition) is 2. The Morgan fingerprint density at radius 1 is 1.23 bits per heavy atom. The molecule has 2 aliphatic rings. The van der Waals surface area contributed by atoms with Crippen molar-refractivity contribution in [3.63, 3.8) is 0 Å². The van der Waals surface area contributed by atoms with Crippen molar-refractivity contribution in [3.8, 4) is 0 Å². The van der Waals surface area contributed by atoms with Crippen molar-refractivity contribution in [3.05, 3.63) is 40.9 Å². The number of benzene rings is 1. The summed E-state index contributed by atoms with van der Waals surface area (Å²) in [5.41, 5.74) is 2.18. The molecule has 22 heavy (non-hydrogen) atoms. The Bertz CT molecular complexity index is 601. The van der Waals surface area contributed by atoms with Gasteiger partial charge < -0.3 is 9.64 Å². The van der Waals surface area contributed by atoms with Gasteiger partial charge in [-0.15, -0.1) is 0 Å². The molecule has 1 saturated heterocycles. The molecule has 0 saturated carbocycles. The average Bonchev–Trinajstić information content (AvgIpc) is 2.95. The number of carbonyl (C=O) groups is 1. The lowest BCUT2D eigenvalue weighted by atomic mass is 9.98. The van der Waals surface area contributed by atoms with E-state index in [0.29, 0.717) is 11.8 Å². The van der Waals surface area contributed by atoms with Gasteiger partial charge in [0.25, 0.3) is 0 Å². The quantitative estimate of drug-likeness (QED) is 0.756. The standard InChI is InChI=1S/C18H22ClNO2/c1-18(2,3)22-17(21)20-10-14-8-13(9-15(14)11-20)12-4-6-16(19)7-5-12/h4-8,14-15H,9-11H2,1-3H3. The fourth-order valence-corrected chi connectivity index (χ4v) is 3.39. The molecule has 0 aromatic heterocycles. The number of fused-ring (bicyclic) bond motifs is 1. The van der Waals surface area contributed by atoms with Crippen molar-refractivity contribution >= 4 is 23.3 Å². The van der Waals surface area contributed by atoms with E-state index in [9.17, 15) is 4.79 Å². The van der Waals surface area contributed by atoms with E-state index in [1.54, 1.807) is 0 Å².